The van der Waals surface area contributed by atoms with Gasteiger partial charge in [-0.2, -0.15) is 0 Å². The van der Waals surface area contributed by atoms with Crippen LogP contribution in [0.25, 0.3) is 0 Å². The third-order valence-electron chi connectivity index (χ3n) is 1.04. The molecule has 0 aromatic rings. The van der Waals surface area contributed by atoms with Crippen LogP contribution in [0.5, 0.6) is 0 Å². The lowest BCUT2D eigenvalue weighted by Gasteiger charge is -2.15. The highest BCUT2D eigenvalue weighted by atomic mass is 31.2. The first kappa shape index (κ1) is 15.4. The van der Waals surface area contributed by atoms with Crippen LogP contribution in [-0.2, 0) is 18.1 Å². The minimum absolute atomic E-state index is 0.845. The number of hydrogen-bond donors (Lipinski definition) is 0. The first-order valence-corrected chi connectivity index (χ1v) is 5.60. The van der Waals surface area contributed by atoms with Crippen LogP contribution in [0.15, 0.2) is 12.3 Å². The van der Waals surface area contributed by atoms with Crippen LogP contribution in [0.4, 0.5) is 17.6 Å². The van der Waals surface area contributed by atoms with E-state index in [1.54, 1.807) is 0 Å². The number of allylic oxidation sites excluding steroid dienone is 1. The predicted molar refractivity (Wildman–Crippen MR) is 47.4 cm³/mol. The molecule has 0 aliphatic carbocycles. The van der Waals surface area contributed by atoms with Gasteiger partial charge < -0.3 is 4.52 Å². The first-order chi connectivity index (χ1) is 7.39. The lowest BCUT2D eigenvalue weighted by atomic mass is 10.8. The Morgan fingerprint density at radius 2 is 1.56 bits per heavy atom. The average Bonchev–Trinajstić information content (AvgIpc) is 2.21. The van der Waals surface area contributed by atoms with E-state index in [2.05, 4.69) is 13.6 Å². The van der Waals surface area contributed by atoms with Crippen molar-refractivity contribution in [1.29, 1.82) is 0 Å². The summed E-state index contributed by atoms with van der Waals surface area (Å²) in [6.45, 7) is -0.972. The molecule has 0 fully saturated rings. The van der Waals surface area contributed by atoms with Gasteiger partial charge in [0, 0.05) is 0 Å². The molecule has 96 valence electrons. The van der Waals surface area contributed by atoms with Crippen LogP contribution >= 0.6 is 7.82 Å². The summed E-state index contributed by atoms with van der Waals surface area (Å²) in [6, 6.07) is 0. The fraction of sp³-hybridized carbons (Fsp3) is 0.714. The molecule has 0 atom stereocenters. The Hall–Kier alpha value is -0.590. The van der Waals surface area contributed by atoms with Crippen molar-refractivity contribution in [2.24, 2.45) is 0 Å². The van der Waals surface area contributed by atoms with Crippen molar-refractivity contribution >= 4 is 7.82 Å². The van der Waals surface area contributed by atoms with Gasteiger partial charge in [0.2, 0.25) is 0 Å². The molecule has 0 saturated heterocycles. The fourth-order valence-corrected chi connectivity index (χ4v) is 1.59. The summed E-state index contributed by atoms with van der Waals surface area (Å²) >= 11 is 0. The molecule has 0 aliphatic rings. The quantitative estimate of drug-likeness (QED) is 0.384. The number of halogens is 4. The zero-order valence-corrected chi connectivity index (χ0v) is 9.21. The third-order valence-corrected chi connectivity index (χ3v) is 2.35. The summed E-state index contributed by atoms with van der Waals surface area (Å²) in [5.41, 5.74) is 0. The minimum atomic E-state index is -4.39. The minimum Gasteiger partial charge on any atom is -0.412 e. The van der Waals surface area contributed by atoms with Gasteiger partial charge in [-0.25, -0.2) is 22.1 Å². The number of phosphoric ester groups is 1. The number of phosphoric acid groups is 1. The number of hydrogen-bond acceptors (Lipinski definition) is 4. The highest BCUT2D eigenvalue weighted by Gasteiger charge is 2.29. The Labute approximate surface area is 89.8 Å². The van der Waals surface area contributed by atoms with Crippen molar-refractivity contribution in [3.8, 4) is 0 Å². The Kier molecular flexibility index (Phi) is 7.36. The summed E-state index contributed by atoms with van der Waals surface area (Å²) in [6.07, 6.45) is -3.70. The van der Waals surface area contributed by atoms with E-state index in [-0.39, 0.29) is 0 Å². The maximum absolute atomic E-state index is 11.8. The van der Waals surface area contributed by atoms with Crippen LogP contribution in [-0.4, -0.2) is 26.1 Å². The van der Waals surface area contributed by atoms with E-state index in [4.69, 9.17) is 0 Å². The molecule has 0 heterocycles. The van der Waals surface area contributed by atoms with Crippen LogP contribution in [0.3, 0.4) is 0 Å². The lowest BCUT2D eigenvalue weighted by molar-refractivity contribution is 0.0275. The normalized spacial score (nSPS) is 12.9. The molecule has 0 spiro atoms. The lowest BCUT2D eigenvalue weighted by Crippen LogP contribution is -2.09. The van der Waals surface area contributed by atoms with Crippen LogP contribution in [0.1, 0.15) is 6.92 Å². The highest BCUT2D eigenvalue weighted by Crippen LogP contribution is 2.50. The number of alkyl halides is 4. The molecular formula is C7H11F4O4P. The Morgan fingerprint density at radius 3 is 1.88 bits per heavy atom. The molecule has 9 heteroatoms. The second kappa shape index (κ2) is 7.65. The van der Waals surface area contributed by atoms with Crippen molar-refractivity contribution in [3.05, 3.63) is 12.3 Å². The van der Waals surface area contributed by atoms with Gasteiger partial charge in [-0.1, -0.05) is 6.08 Å². The summed E-state index contributed by atoms with van der Waals surface area (Å²) in [5.74, 6) is 0. The Balaban J connectivity index is 4.30. The smallest absolute Gasteiger partial charge is 0.412 e. The molecule has 0 N–H and O–H groups in total. The maximum atomic E-state index is 11.8. The highest BCUT2D eigenvalue weighted by molar-refractivity contribution is 7.48. The molecule has 0 radical (unpaired) electrons. The molecule has 16 heavy (non-hydrogen) atoms. The molecule has 0 bridgehead atoms. The van der Waals surface area contributed by atoms with Gasteiger partial charge in [0.25, 0.3) is 12.9 Å². The van der Waals surface area contributed by atoms with Crippen LogP contribution in [0.2, 0.25) is 0 Å². The maximum Gasteiger partial charge on any atom is 0.529 e. The Morgan fingerprint density at radius 1 is 1.12 bits per heavy atom. The van der Waals surface area contributed by atoms with Crippen molar-refractivity contribution in [1.82, 2.24) is 0 Å². The van der Waals surface area contributed by atoms with Crippen LogP contribution < -0.4 is 0 Å². The van der Waals surface area contributed by atoms with E-state index in [0.29, 0.717) is 0 Å². The second-order valence-electron chi connectivity index (χ2n) is 2.40. The molecule has 4 nitrogen and oxygen atoms in total. The topological polar surface area (TPSA) is 44.8 Å². The van der Waals surface area contributed by atoms with Gasteiger partial charge in [-0.3, -0.25) is 9.05 Å². The van der Waals surface area contributed by atoms with E-state index in [1.165, 1.54) is 13.0 Å². The summed E-state index contributed by atoms with van der Waals surface area (Å²) in [5, 5.41) is 0. The summed E-state index contributed by atoms with van der Waals surface area (Å²) < 4.78 is 71.0. The van der Waals surface area contributed by atoms with Crippen LogP contribution in [0, 0.1) is 0 Å². The van der Waals surface area contributed by atoms with E-state index in [9.17, 15) is 22.1 Å². The van der Waals surface area contributed by atoms with Gasteiger partial charge in [0.1, 0.15) is 13.2 Å². The van der Waals surface area contributed by atoms with Gasteiger partial charge in [0.05, 0.1) is 6.26 Å². The predicted octanol–water partition coefficient (Wildman–Crippen LogP) is 3.21. The molecule has 0 unspecified atom stereocenters. The van der Waals surface area contributed by atoms with Crippen molar-refractivity contribution < 1.29 is 35.7 Å². The van der Waals surface area contributed by atoms with E-state index >= 15 is 0 Å². The van der Waals surface area contributed by atoms with Gasteiger partial charge in [0.15, 0.2) is 0 Å². The SMILES string of the molecule is CC=COP(=O)(OCC(F)F)OCC(F)F. The van der Waals surface area contributed by atoms with Crippen molar-refractivity contribution in [3.63, 3.8) is 0 Å². The molecule has 0 rings (SSSR count). The van der Waals surface area contributed by atoms with E-state index in [1.807, 2.05) is 0 Å². The van der Waals surface area contributed by atoms with Crippen molar-refractivity contribution in [2.75, 3.05) is 13.2 Å². The zero-order chi connectivity index (χ0) is 12.6. The van der Waals surface area contributed by atoms with Gasteiger partial charge in [-0.15, -0.1) is 0 Å². The molecular weight excluding hydrogens is 255 g/mol. The molecule has 0 amide bonds. The molecule has 0 aromatic carbocycles. The summed E-state index contributed by atoms with van der Waals surface area (Å²) in [4.78, 5) is 0. The molecule has 0 aliphatic heterocycles. The monoisotopic (exact) mass is 266 g/mol. The van der Waals surface area contributed by atoms with Gasteiger partial charge >= 0.3 is 7.82 Å². The standard InChI is InChI=1S/C7H11F4O4P/c1-2-3-13-16(12,14-4-6(8)9)15-5-7(10)11/h2-3,6-7H,4-5H2,1H3. The zero-order valence-electron chi connectivity index (χ0n) is 8.32. The first-order valence-electron chi connectivity index (χ1n) is 4.14. The van der Waals surface area contributed by atoms with E-state index in [0.717, 1.165) is 6.26 Å². The molecule has 0 aromatic heterocycles. The second-order valence-corrected chi connectivity index (χ2v) is 4.02. The summed E-state index contributed by atoms with van der Waals surface area (Å²) in [7, 11) is -4.39. The Bertz CT molecular complexity index is 243. The fourth-order valence-electron chi connectivity index (χ4n) is 0.529. The number of rotatable bonds is 8. The largest absolute Gasteiger partial charge is 0.529 e. The van der Waals surface area contributed by atoms with Crippen molar-refractivity contribution in [2.45, 2.75) is 19.8 Å². The average molecular weight is 266 g/mol. The molecule has 0 saturated carbocycles. The van der Waals surface area contributed by atoms with Gasteiger partial charge in [-0.05, 0) is 6.92 Å². The van der Waals surface area contributed by atoms with E-state index < -0.39 is 33.9 Å². The third kappa shape index (κ3) is 7.67.